The average Bonchev–Trinajstić information content (AvgIpc) is 3.80. The summed E-state index contributed by atoms with van der Waals surface area (Å²) in [6.07, 6.45) is 1.88. The van der Waals surface area contributed by atoms with Crippen LogP contribution in [0.2, 0.25) is 0 Å². The Morgan fingerprint density at radius 1 is 0.339 bits per heavy atom. The Bertz CT molecular complexity index is 3170. The zero-order valence-electron chi connectivity index (χ0n) is 30.4. The van der Waals surface area contributed by atoms with E-state index in [0.29, 0.717) is 0 Å². The molecule has 0 aliphatic carbocycles. The van der Waals surface area contributed by atoms with Crippen LogP contribution in [0.15, 0.2) is 206 Å². The lowest BCUT2D eigenvalue weighted by atomic mass is 9.98. The van der Waals surface area contributed by atoms with Gasteiger partial charge in [0.05, 0.1) is 27.9 Å². The van der Waals surface area contributed by atoms with Gasteiger partial charge >= 0.3 is 0 Å². The summed E-state index contributed by atoms with van der Waals surface area (Å²) >= 11 is 0. The fraction of sp³-hybridized carbons (Fsp3) is 0. The van der Waals surface area contributed by atoms with Crippen LogP contribution in [0.25, 0.3) is 99.9 Å². The highest BCUT2D eigenvalue weighted by molar-refractivity contribution is 6.17. The number of hydrogen-bond donors (Lipinski definition) is 0. The van der Waals surface area contributed by atoms with E-state index in [1.165, 1.54) is 32.8 Å². The Morgan fingerprint density at radius 3 is 1.79 bits per heavy atom. The summed E-state index contributed by atoms with van der Waals surface area (Å²) in [7, 11) is 0. The lowest BCUT2D eigenvalue weighted by molar-refractivity contribution is 1.14. The minimum atomic E-state index is 0.936. The van der Waals surface area contributed by atoms with E-state index in [9.17, 15) is 0 Å². The van der Waals surface area contributed by atoms with E-state index in [1.54, 1.807) is 0 Å². The maximum atomic E-state index is 5.25. The van der Waals surface area contributed by atoms with Gasteiger partial charge in [-0.2, -0.15) is 0 Å². The van der Waals surface area contributed by atoms with Gasteiger partial charge in [-0.3, -0.25) is 4.57 Å². The zero-order valence-corrected chi connectivity index (χ0v) is 30.4. The van der Waals surface area contributed by atoms with Gasteiger partial charge in [-0.15, -0.1) is 0 Å². The first-order valence-electron chi connectivity index (χ1n) is 19.0. The van der Waals surface area contributed by atoms with Crippen LogP contribution in [0, 0.1) is 0 Å². The van der Waals surface area contributed by atoms with Crippen molar-refractivity contribution in [2.75, 3.05) is 0 Å². The first-order chi connectivity index (χ1) is 27.8. The molecular weight excluding hydrogens is 681 g/mol. The molecule has 0 fully saturated rings. The third-order valence-corrected chi connectivity index (χ3v) is 11.0. The number of fused-ring (bicyclic) bond motifs is 6. The molecule has 0 atom stereocenters. The monoisotopic (exact) mass is 714 g/mol. The molecule has 0 bridgehead atoms. The molecule has 0 unspecified atom stereocenters. The Kier molecular flexibility index (Phi) is 7.46. The summed E-state index contributed by atoms with van der Waals surface area (Å²) in [6, 6.07) is 71.3. The molecule has 0 aliphatic rings. The second-order valence-electron chi connectivity index (χ2n) is 14.2. The molecule has 0 saturated carbocycles. The maximum absolute atomic E-state index is 5.25. The quantitative estimate of drug-likeness (QED) is 0.172. The van der Waals surface area contributed by atoms with E-state index >= 15 is 0 Å². The summed E-state index contributed by atoms with van der Waals surface area (Å²) in [5.74, 6) is 0. The fourth-order valence-corrected chi connectivity index (χ4v) is 8.43. The second-order valence-corrected chi connectivity index (χ2v) is 14.2. The molecule has 56 heavy (non-hydrogen) atoms. The number of rotatable bonds is 6. The molecule has 7 aromatic carbocycles. The fourth-order valence-electron chi connectivity index (χ4n) is 8.43. The van der Waals surface area contributed by atoms with Gasteiger partial charge in [-0.25, -0.2) is 9.97 Å². The largest absolute Gasteiger partial charge is 0.309 e. The number of benzene rings is 7. The van der Waals surface area contributed by atoms with Crippen molar-refractivity contribution < 1.29 is 0 Å². The average molecular weight is 715 g/mol. The van der Waals surface area contributed by atoms with Crippen LogP contribution >= 0.6 is 0 Å². The molecule has 0 spiro atoms. The van der Waals surface area contributed by atoms with Crippen molar-refractivity contribution in [1.29, 1.82) is 0 Å². The maximum Gasteiger partial charge on any atom is 0.145 e. The van der Waals surface area contributed by atoms with Crippen LogP contribution in [0.1, 0.15) is 0 Å². The smallest absolute Gasteiger partial charge is 0.145 e. The highest BCUT2D eigenvalue weighted by Gasteiger charge is 2.19. The Hall–Kier alpha value is -7.56. The van der Waals surface area contributed by atoms with Crippen molar-refractivity contribution in [3.8, 4) is 56.1 Å². The van der Waals surface area contributed by atoms with Crippen molar-refractivity contribution in [1.82, 2.24) is 19.1 Å². The summed E-state index contributed by atoms with van der Waals surface area (Å²) < 4.78 is 4.67. The Labute approximate surface area is 324 Å². The molecule has 0 saturated heterocycles. The predicted molar refractivity (Wildman–Crippen MR) is 232 cm³/mol. The summed E-state index contributed by atoms with van der Waals surface area (Å²) in [4.78, 5) is 10.1. The van der Waals surface area contributed by atoms with Crippen LogP contribution in [0.4, 0.5) is 0 Å². The third kappa shape index (κ3) is 5.23. The molecule has 4 heterocycles. The first-order valence-corrected chi connectivity index (χ1v) is 19.0. The van der Waals surface area contributed by atoms with E-state index in [-0.39, 0.29) is 0 Å². The molecule has 4 nitrogen and oxygen atoms in total. The van der Waals surface area contributed by atoms with Gasteiger partial charge in [0, 0.05) is 50.2 Å². The summed E-state index contributed by atoms with van der Waals surface area (Å²) in [5.41, 5.74) is 15.3. The topological polar surface area (TPSA) is 35.6 Å². The van der Waals surface area contributed by atoms with Gasteiger partial charge in [0.2, 0.25) is 0 Å². The van der Waals surface area contributed by atoms with Gasteiger partial charge in [-0.05, 0) is 95.1 Å². The molecule has 4 heteroatoms. The van der Waals surface area contributed by atoms with Crippen molar-refractivity contribution in [3.63, 3.8) is 0 Å². The highest BCUT2D eigenvalue weighted by atomic mass is 15.0. The molecule has 0 N–H and O–H groups in total. The van der Waals surface area contributed by atoms with Gasteiger partial charge in [0.15, 0.2) is 0 Å². The van der Waals surface area contributed by atoms with Crippen LogP contribution in [0.5, 0.6) is 0 Å². The van der Waals surface area contributed by atoms with Crippen LogP contribution in [-0.2, 0) is 0 Å². The minimum absolute atomic E-state index is 0.936. The van der Waals surface area contributed by atoms with E-state index in [2.05, 4.69) is 197 Å². The molecular formula is C52H34N4. The van der Waals surface area contributed by atoms with Crippen LogP contribution < -0.4 is 0 Å². The molecule has 4 aromatic heterocycles. The normalized spacial score (nSPS) is 11.6. The van der Waals surface area contributed by atoms with E-state index in [4.69, 9.17) is 9.97 Å². The van der Waals surface area contributed by atoms with Crippen molar-refractivity contribution >= 4 is 43.7 Å². The van der Waals surface area contributed by atoms with Crippen molar-refractivity contribution in [2.45, 2.75) is 0 Å². The number of nitrogens with zero attached hydrogens (tertiary/aromatic N) is 4. The minimum Gasteiger partial charge on any atom is -0.309 e. The highest BCUT2D eigenvalue weighted by Crippen LogP contribution is 2.41. The lowest BCUT2D eigenvalue weighted by Gasteiger charge is -2.13. The lowest BCUT2D eigenvalue weighted by Crippen LogP contribution is -1.96. The Morgan fingerprint density at radius 2 is 0.964 bits per heavy atom. The van der Waals surface area contributed by atoms with E-state index in [1.807, 2.05) is 18.3 Å². The molecule has 11 aromatic rings. The molecule has 0 aliphatic heterocycles. The molecule has 0 amide bonds. The van der Waals surface area contributed by atoms with E-state index < -0.39 is 0 Å². The second kappa shape index (κ2) is 13.1. The SMILES string of the molecule is c1ccc(-c2cc(-c3ccccc3)nc(-c3cccc(-n4c5ccccc5c5c(-c6ccc7c(c6)c6cccnc6n7-c6ccccc6)cccc54)c3)c2)cc1. The Balaban J connectivity index is 1.09. The number of pyridine rings is 2. The standard InChI is InChI=1S/C52H34N4/c1-4-15-35(16-5-1)39-33-46(36-17-6-2-7-18-36)54-47(34-39)38-19-12-22-41(31-38)55-48-26-11-10-23-44(48)51-42(24-13-27-50(51)55)37-28-29-49-45(32-37)43-25-14-30-53-52(43)56(49)40-20-8-3-9-21-40/h1-34H. The molecule has 262 valence electrons. The zero-order chi connectivity index (χ0) is 37.0. The predicted octanol–water partition coefficient (Wildman–Crippen LogP) is 13.3. The van der Waals surface area contributed by atoms with Crippen LogP contribution in [-0.4, -0.2) is 19.1 Å². The molecule has 0 radical (unpaired) electrons. The van der Waals surface area contributed by atoms with Gasteiger partial charge in [0.1, 0.15) is 5.65 Å². The number of para-hydroxylation sites is 2. The van der Waals surface area contributed by atoms with Gasteiger partial charge in [-0.1, -0.05) is 127 Å². The number of hydrogen-bond acceptors (Lipinski definition) is 2. The molecule has 11 rings (SSSR count). The van der Waals surface area contributed by atoms with Gasteiger partial charge in [0.25, 0.3) is 0 Å². The van der Waals surface area contributed by atoms with Crippen molar-refractivity contribution in [3.05, 3.63) is 206 Å². The van der Waals surface area contributed by atoms with Gasteiger partial charge < -0.3 is 4.57 Å². The first kappa shape index (κ1) is 31.9. The van der Waals surface area contributed by atoms with Crippen molar-refractivity contribution in [2.24, 2.45) is 0 Å². The third-order valence-electron chi connectivity index (χ3n) is 11.0. The summed E-state index contributed by atoms with van der Waals surface area (Å²) in [6.45, 7) is 0. The number of aromatic nitrogens is 4. The summed E-state index contributed by atoms with van der Waals surface area (Å²) in [5, 5.41) is 4.77. The van der Waals surface area contributed by atoms with E-state index in [0.717, 1.165) is 67.0 Å². The van der Waals surface area contributed by atoms with Crippen LogP contribution in [0.3, 0.4) is 0 Å².